The molecule has 2 N–H and O–H groups in total. The van der Waals surface area contributed by atoms with Gasteiger partial charge in [0.1, 0.15) is 0 Å². The number of aryl methyl sites for hydroxylation is 3. The van der Waals surface area contributed by atoms with Crippen LogP contribution in [0.1, 0.15) is 36.1 Å². The third-order valence-electron chi connectivity index (χ3n) is 4.99. The van der Waals surface area contributed by atoms with Gasteiger partial charge in [-0.25, -0.2) is 0 Å². The molecule has 5 nitrogen and oxygen atoms in total. The Labute approximate surface area is 225 Å². The van der Waals surface area contributed by atoms with Gasteiger partial charge in [0.2, 0.25) is 0 Å². The topological polar surface area (TPSA) is 49.1 Å². The number of carbonyl (C=O) groups excluding carboxylic acids is 1. The Bertz CT molecular complexity index is 1030. The van der Waals surface area contributed by atoms with Crippen molar-refractivity contribution in [3.05, 3.63) is 65.1 Å². The quantitative estimate of drug-likeness (QED) is 0.127. The zero-order valence-corrected chi connectivity index (χ0v) is 25.0. The predicted molar refractivity (Wildman–Crippen MR) is 147 cm³/mol. The molecule has 0 atom stereocenters. The van der Waals surface area contributed by atoms with E-state index in [2.05, 4.69) is 60.4 Å². The average Bonchev–Trinajstić information content (AvgIpc) is 3.21. The maximum Gasteiger partial charge on any atom is 0.0142 e. The van der Waals surface area contributed by atoms with Crippen LogP contribution in [0.5, 0.6) is 0 Å². The zero-order valence-electron chi connectivity index (χ0n) is 20.9. The van der Waals surface area contributed by atoms with Crippen LogP contribution < -0.4 is 10.2 Å². The SMILES string of the molecule is CC(C)OC(=[OH+])CNc1ccc(F)cc1[CH]=[Ru]([Cl])[Cl].CSN1[CH-]N(c2c(C)cc(C)cc2C)CC1. The first kappa shape index (κ1) is 30.0. The maximum atomic E-state index is 13.2. The third kappa shape index (κ3) is 10.0. The second kappa shape index (κ2) is 14.5. The average molecular weight is 632 g/mol. The van der Waals surface area contributed by atoms with Gasteiger partial charge in [-0.1, -0.05) is 17.7 Å². The molecular formula is C25H34Cl2FN3O2RuS. The second-order valence-electron chi connectivity index (χ2n) is 8.33. The number of ether oxygens (including phenoxy) is 1. The minimum Gasteiger partial charge on any atom is -0.506 e. The maximum absolute atomic E-state index is 13.2. The Morgan fingerprint density at radius 1 is 1.23 bits per heavy atom. The summed E-state index contributed by atoms with van der Waals surface area (Å²) in [7, 11) is 11.6. The number of nitrogens with one attached hydrogen (secondary N) is 1. The van der Waals surface area contributed by atoms with E-state index < -0.39 is 13.5 Å². The van der Waals surface area contributed by atoms with E-state index in [1.165, 1.54) is 34.5 Å². The largest absolute Gasteiger partial charge is 0.506 e. The summed E-state index contributed by atoms with van der Waals surface area (Å²) in [6.45, 7) is 14.7. The summed E-state index contributed by atoms with van der Waals surface area (Å²) < 4.78 is 22.2. The number of rotatable bonds is 7. The summed E-state index contributed by atoms with van der Waals surface area (Å²) in [5, 5.41) is 2.95. The van der Waals surface area contributed by atoms with Crippen LogP contribution in [-0.2, 0) is 18.3 Å². The fourth-order valence-corrected chi connectivity index (χ4v) is 6.04. The van der Waals surface area contributed by atoms with Crippen molar-refractivity contribution in [1.29, 1.82) is 0 Å². The molecule has 2 aromatic rings. The van der Waals surface area contributed by atoms with Gasteiger partial charge in [-0.2, -0.15) is 6.67 Å². The van der Waals surface area contributed by atoms with E-state index in [1.807, 2.05) is 13.8 Å². The number of hydrogen-bond donors (Lipinski definition) is 1. The van der Waals surface area contributed by atoms with Gasteiger partial charge in [0.15, 0.2) is 0 Å². The van der Waals surface area contributed by atoms with Crippen molar-refractivity contribution in [2.24, 2.45) is 0 Å². The molecule has 0 unspecified atom stereocenters. The Kier molecular flexibility index (Phi) is 12.5. The zero-order chi connectivity index (χ0) is 26.1. The molecule has 1 aliphatic heterocycles. The van der Waals surface area contributed by atoms with Gasteiger partial charge in [0.25, 0.3) is 0 Å². The summed E-state index contributed by atoms with van der Waals surface area (Å²) >= 11 is -0.265. The number of benzene rings is 2. The molecule has 0 amide bonds. The molecule has 10 heteroatoms. The third-order valence-corrected chi connectivity index (χ3v) is 7.57. The molecule has 35 heavy (non-hydrogen) atoms. The molecule has 196 valence electrons. The monoisotopic (exact) mass is 631 g/mol. The van der Waals surface area contributed by atoms with Gasteiger partial charge < -0.3 is 9.21 Å². The Morgan fingerprint density at radius 2 is 1.89 bits per heavy atom. The van der Waals surface area contributed by atoms with Crippen LogP contribution in [0.4, 0.5) is 15.8 Å². The molecule has 0 spiro atoms. The molecule has 0 aromatic heterocycles. The van der Waals surface area contributed by atoms with Crippen LogP contribution in [0.3, 0.4) is 0 Å². The first-order valence-corrected chi connectivity index (χ1v) is 17.7. The van der Waals surface area contributed by atoms with Crippen LogP contribution in [0.2, 0.25) is 0 Å². The number of esters is 1. The molecule has 0 aliphatic carbocycles. The minimum atomic E-state index is -2.05. The molecule has 0 radical (unpaired) electrons. The van der Waals surface area contributed by atoms with Gasteiger partial charge in [-0.3, -0.25) is 0 Å². The second-order valence-corrected chi connectivity index (χ2v) is 14.9. The Morgan fingerprint density at radius 3 is 2.43 bits per heavy atom. The molecular weight excluding hydrogens is 597 g/mol. The van der Waals surface area contributed by atoms with Gasteiger partial charge in [0.05, 0.1) is 0 Å². The van der Waals surface area contributed by atoms with Crippen molar-refractivity contribution >= 4 is 53.3 Å². The van der Waals surface area contributed by atoms with Crippen molar-refractivity contribution in [3.63, 3.8) is 0 Å². The Balaban J connectivity index is 0.000000250. The summed E-state index contributed by atoms with van der Waals surface area (Å²) in [5.41, 5.74) is 6.69. The van der Waals surface area contributed by atoms with Gasteiger partial charge in [0, 0.05) is 12.2 Å². The van der Waals surface area contributed by atoms with Crippen LogP contribution in [0, 0.1) is 33.3 Å². The molecule has 1 saturated heterocycles. The molecule has 1 heterocycles. The minimum absolute atomic E-state index is 0.108. The first-order valence-electron chi connectivity index (χ1n) is 11.1. The van der Waals surface area contributed by atoms with E-state index in [4.69, 9.17) is 24.1 Å². The van der Waals surface area contributed by atoms with Gasteiger partial charge in [-0.15, -0.1) is 11.9 Å². The molecule has 3 rings (SSSR count). The van der Waals surface area contributed by atoms with E-state index in [1.54, 1.807) is 22.6 Å². The summed E-state index contributed by atoms with van der Waals surface area (Å²) in [6, 6.07) is 8.75. The molecule has 0 saturated carbocycles. The number of halogens is 3. The van der Waals surface area contributed by atoms with Crippen molar-refractivity contribution in [2.45, 2.75) is 40.7 Å². The van der Waals surface area contributed by atoms with Gasteiger partial charge >= 0.3 is 124 Å². The van der Waals surface area contributed by atoms with Crippen molar-refractivity contribution in [3.8, 4) is 0 Å². The van der Waals surface area contributed by atoms with Crippen molar-refractivity contribution in [1.82, 2.24) is 4.31 Å². The van der Waals surface area contributed by atoms with E-state index >= 15 is 0 Å². The van der Waals surface area contributed by atoms with Crippen LogP contribution in [0.15, 0.2) is 30.3 Å². The van der Waals surface area contributed by atoms with Crippen LogP contribution in [0.25, 0.3) is 0 Å². The molecule has 2 aromatic carbocycles. The standard InChI is InChI=1S/C13H19N2S.C12H14FNO2.2ClH.Ru/c1-10-7-11(2)13(12(3)8-10)14-5-6-15(9-14)16-4;1-8(2)16-12(15)7-14-11-5-4-10(13)6-9(11)3;;;/h7-9H,5-6H2,1-4H3;3-6,8,14H,7H2,1-2H3;2*1H;/q-1;;;;+2/p-1. The van der Waals surface area contributed by atoms with Gasteiger partial charge in [-0.05, 0) is 44.7 Å². The summed E-state index contributed by atoms with van der Waals surface area (Å²) in [6.07, 6.45) is 2.01. The van der Waals surface area contributed by atoms with Crippen molar-refractivity contribution in [2.75, 3.05) is 36.1 Å². The molecule has 1 aliphatic rings. The molecule has 0 bridgehead atoms. The fourth-order valence-electron chi connectivity index (χ4n) is 3.76. The normalized spacial score (nSPS) is 13.9. The number of nitrogens with zero attached hydrogens (tertiary/aromatic N) is 2. The predicted octanol–water partition coefficient (Wildman–Crippen LogP) is 6.37. The van der Waals surface area contributed by atoms with E-state index in [-0.39, 0.29) is 24.4 Å². The van der Waals surface area contributed by atoms with E-state index in [0.717, 1.165) is 13.1 Å². The van der Waals surface area contributed by atoms with Crippen LogP contribution in [-0.4, -0.2) is 51.7 Å². The number of hydrogen-bond acceptors (Lipinski definition) is 5. The van der Waals surface area contributed by atoms with Crippen molar-refractivity contribution < 1.29 is 27.4 Å². The van der Waals surface area contributed by atoms with E-state index in [9.17, 15) is 9.18 Å². The smallest absolute Gasteiger partial charge is 0.0142 e. The van der Waals surface area contributed by atoms with Crippen LogP contribution >= 0.6 is 31.3 Å². The summed E-state index contributed by atoms with van der Waals surface area (Å²) in [4.78, 5) is 11.9. The molecule has 1 fully saturated rings. The first-order chi connectivity index (χ1) is 16.5. The Hall–Kier alpha value is -1.18. The van der Waals surface area contributed by atoms with E-state index in [0.29, 0.717) is 11.3 Å². The number of anilines is 2. The summed E-state index contributed by atoms with van der Waals surface area (Å²) in [5.74, 6) is -0.497. The fraction of sp³-hybridized carbons (Fsp3) is 0.400.